The van der Waals surface area contributed by atoms with Crippen molar-refractivity contribution >= 4 is 34.8 Å². The minimum atomic E-state index is -0.132. The molecule has 0 aliphatic carbocycles. The molecule has 0 radical (unpaired) electrons. The zero-order valence-electron chi connectivity index (χ0n) is 11.0. The molecule has 3 nitrogen and oxygen atoms in total. The molecule has 1 aliphatic heterocycles. The van der Waals surface area contributed by atoms with E-state index in [0.717, 1.165) is 13.1 Å². The van der Waals surface area contributed by atoms with Crippen LogP contribution in [0.5, 0.6) is 0 Å². The van der Waals surface area contributed by atoms with Gasteiger partial charge >= 0.3 is 0 Å². The molecule has 5 heteroatoms. The number of benzene rings is 1. The van der Waals surface area contributed by atoms with Crippen LogP contribution in [0.4, 0.5) is 5.69 Å². The molecule has 2 rings (SSSR count). The quantitative estimate of drug-likeness (QED) is 0.921. The van der Waals surface area contributed by atoms with Crippen molar-refractivity contribution in [3.8, 4) is 0 Å². The first kappa shape index (κ1) is 14.6. The summed E-state index contributed by atoms with van der Waals surface area (Å²) in [6.07, 6.45) is 3.59. The molecule has 0 aromatic heterocycles. The van der Waals surface area contributed by atoms with Crippen LogP contribution in [0.1, 0.15) is 26.2 Å². The van der Waals surface area contributed by atoms with E-state index in [0.29, 0.717) is 15.7 Å². The monoisotopic (exact) mass is 300 g/mol. The zero-order valence-corrected chi connectivity index (χ0v) is 12.5. The van der Waals surface area contributed by atoms with Gasteiger partial charge in [0.1, 0.15) is 0 Å². The lowest BCUT2D eigenvalue weighted by molar-refractivity contribution is -0.121. The van der Waals surface area contributed by atoms with Crippen LogP contribution in [-0.2, 0) is 4.79 Å². The topological polar surface area (TPSA) is 32.3 Å². The SMILES string of the molecule is CC(C(=O)Nc1ccc(Cl)cc1Cl)N1CCCCC1. The second-order valence-corrected chi connectivity index (χ2v) is 5.73. The summed E-state index contributed by atoms with van der Waals surface area (Å²) in [5.74, 6) is -0.0221. The van der Waals surface area contributed by atoms with Crippen LogP contribution in [0.2, 0.25) is 10.0 Å². The molecule has 1 fully saturated rings. The average molecular weight is 301 g/mol. The van der Waals surface area contributed by atoms with Gasteiger partial charge in [0.15, 0.2) is 0 Å². The maximum atomic E-state index is 12.2. The van der Waals surface area contributed by atoms with Gasteiger partial charge in [0.2, 0.25) is 5.91 Å². The molecule has 1 unspecified atom stereocenters. The molecule has 0 spiro atoms. The molecular formula is C14H18Cl2N2O. The Morgan fingerprint density at radius 2 is 1.95 bits per heavy atom. The summed E-state index contributed by atoms with van der Waals surface area (Å²) < 4.78 is 0. The van der Waals surface area contributed by atoms with Gasteiger partial charge in [0.25, 0.3) is 0 Å². The van der Waals surface area contributed by atoms with E-state index in [4.69, 9.17) is 23.2 Å². The van der Waals surface area contributed by atoms with Crippen molar-refractivity contribution < 1.29 is 4.79 Å². The van der Waals surface area contributed by atoms with Crippen LogP contribution in [0, 0.1) is 0 Å². The Kier molecular flexibility index (Phi) is 5.08. The fourth-order valence-electron chi connectivity index (χ4n) is 2.30. The van der Waals surface area contributed by atoms with Crippen molar-refractivity contribution in [1.82, 2.24) is 4.90 Å². The van der Waals surface area contributed by atoms with Crippen LogP contribution in [-0.4, -0.2) is 29.9 Å². The van der Waals surface area contributed by atoms with Gasteiger partial charge < -0.3 is 5.32 Å². The lowest BCUT2D eigenvalue weighted by Gasteiger charge is -2.31. The van der Waals surface area contributed by atoms with Crippen molar-refractivity contribution in [3.05, 3.63) is 28.2 Å². The highest BCUT2D eigenvalue weighted by Gasteiger charge is 2.23. The largest absolute Gasteiger partial charge is 0.323 e. The summed E-state index contributed by atoms with van der Waals surface area (Å²) in [7, 11) is 0. The van der Waals surface area contributed by atoms with E-state index in [2.05, 4.69) is 10.2 Å². The second-order valence-electron chi connectivity index (χ2n) is 4.89. The van der Waals surface area contributed by atoms with E-state index < -0.39 is 0 Å². The predicted molar refractivity (Wildman–Crippen MR) is 80.0 cm³/mol. The Hall–Kier alpha value is -0.770. The second kappa shape index (κ2) is 6.60. The summed E-state index contributed by atoms with van der Waals surface area (Å²) >= 11 is 11.9. The number of likely N-dealkylation sites (tertiary alicyclic amines) is 1. The minimum Gasteiger partial charge on any atom is -0.323 e. The maximum Gasteiger partial charge on any atom is 0.241 e. The molecule has 1 atom stereocenters. The van der Waals surface area contributed by atoms with Crippen molar-refractivity contribution in [3.63, 3.8) is 0 Å². The Morgan fingerprint density at radius 1 is 1.26 bits per heavy atom. The number of piperidine rings is 1. The number of nitrogens with zero attached hydrogens (tertiary/aromatic N) is 1. The van der Waals surface area contributed by atoms with Gasteiger partial charge in [-0.2, -0.15) is 0 Å². The summed E-state index contributed by atoms with van der Waals surface area (Å²) in [6, 6.07) is 4.94. The fourth-order valence-corrected chi connectivity index (χ4v) is 2.76. The van der Waals surface area contributed by atoms with Gasteiger partial charge in [0.05, 0.1) is 16.8 Å². The summed E-state index contributed by atoms with van der Waals surface area (Å²) in [5.41, 5.74) is 0.611. The smallest absolute Gasteiger partial charge is 0.241 e. The molecule has 0 bridgehead atoms. The molecule has 0 saturated carbocycles. The Balaban J connectivity index is 1.99. The number of carbonyl (C=O) groups is 1. The highest BCUT2D eigenvalue weighted by Crippen LogP contribution is 2.25. The van der Waals surface area contributed by atoms with Gasteiger partial charge in [0, 0.05) is 5.02 Å². The average Bonchev–Trinajstić information content (AvgIpc) is 2.42. The van der Waals surface area contributed by atoms with E-state index >= 15 is 0 Å². The molecular weight excluding hydrogens is 283 g/mol. The number of hydrogen-bond acceptors (Lipinski definition) is 2. The van der Waals surface area contributed by atoms with Gasteiger partial charge in [-0.25, -0.2) is 0 Å². The zero-order chi connectivity index (χ0) is 13.8. The number of amides is 1. The molecule has 1 aromatic carbocycles. The van der Waals surface area contributed by atoms with E-state index in [9.17, 15) is 4.79 Å². The lowest BCUT2D eigenvalue weighted by atomic mass is 10.1. The number of hydrogen-bond donors (Lipinski definition) is 1. The summed E-state index contributed by atoms with van der Waals surface area (Å²) in [4.78, 5) is 14.4. The highest BCUT2D eigenvalue weighted by atomic mass is 35.5. The summed E-state index contributed by atoms with van der Waals surface area (Å²) in [5, 5.41) is 3.89. The Labute approximate surface area is 123 Å². The van der Waals surface area contributed by atoms with Gasteiger partial charge in [-0.3, -0.25) is 9.69 Å². The fraction of sp³-hybridized carbons (Fsp3) is 0.500. The molecule has 1 aromatic rings. The molecule has 1 N–H and O–H groups in total. The van der Waals surface area contributed by atoms with Crippen molar-refractivity contribution in [2.24, 2.45) is 0 Å². The maximum absolute atomic E-state index is 12.2. The van der Waals surface area contributed by atoms with E-state index in [1.165, 1.54) is 19.3 Å². The number of carbonyl (C=O) groups excluding carboxylic acids is 1. The van der Waals surface area contributed by atoms with Gasteiger partial charge in [-0.15, -0.1) is 0 Å². The van der Waals surface area contributed by atoms with Crippen LogP contribution in [0.3, 0.4) is 0 Å². The van der Waals surface area contributed by atoms with Crippen LogP contribution < -0.4 is 5.32 Å². The normalized spacial score (nSPS) is 18.1. The van der Waals surface area contributed by atoms with Crippen LogP contribution in [0.15, 0.2) is 18.2 Å². The first-order valence-corrected chi connectivity index (χ1v) is 7.33. The van der Waals surface area contributed by atoms with Crippen LogP contribution >= 0.6 is 23.2 Å². The van der Waals surface area contributed by atoms with Crippen LogP contribution in [0.25, 0.3) is 0 Å². The third kappa shape index (κ3) is 3.85. The van der Waals surface area contributed by atoms with E-state index in [-0.39, 0.29) is 11.9 Å². The third-order valence-electron chi connectivity index (χ3n) is 3.51. The number of anilines is 1. The Bertz CT molecular complexity index is 459. The van der Waals surface area contributed by atoms with E-state index in [1.54, 1.807) is 18.2 Å². The predicted octanol–water partition coefficient (Wildman–Crippen LogP) is 3.81. The molecule has 104 valence electrons. The molecule has 1 saturated heterocycles. The van der Waals surface area contributed by atoms with Crippen molar-refractivity contribution in [2.45, 2.75) is 32.2 Å². The summed E-state index contributed by atoms with van der Waals surface area (Å²) in [6.45, 7) is 3.91. The lowest BCUT2D eigenvalue weighted by Crippen LogP contribution is -2.44. The molecule has 1 amide bonds. The number of nitrogens with one attached hydrogen (secondary N) is 1. The standard InChI is InChI=1S/C14H18Cl2N2O/c1-10(18-7-3-2-4-8-18)14(19)17-13-6-5-11(15)9-12(13)16/h5-6,9-10H,2-4,7-8H2,1H3,(H,17,19). The minimum absolute atomic E-state index is 0.0221. The van der Waals surface area contributed by atoms with Crippen molar-refractivity contribution in [2.75, 3.05) is 18.4 Å². The third-order valence-corrected chi connectivity index (χ3v) is 4.05. The Morgan fingerprint density at radius 3 is 2.58 bits per heavy atom. The van der Waals surface area contributed by atoms with Gasteiger partial charge in [-0.05, 0) is 51.1 Å². The highest BCUT2D eigenvalue weighted by molar-refractivity contribution is 6.36. The molecule has 1 aliphatic rings. The van der Waals surface area contributed by atoms with E-state index in [1.807, 2.05) is 6.92 Å². The first-order chi connectivity index (χ1) is 9.08. The van der Waals surface area contributed by atoms with Crippen molar-refractivity contribution in [1.29, 1.82) is 0 Å². The molecule has 19 heavy (non-hydrogen) atoms. The first-order valence-electron chi connectivity index (χ1n) is 6.58. The number of rotatable bonds is 3. The van der Waals surface area contributed by atoms with Gasteiger partial charge in [-0.1, -0.05) is 29.6 Å². The molecule has 1 heterocycles. The number of halogens is 2.